The van der Waals surface area contributed by atoms with Gasteiger partial charge in [0.1, 0.15) is 17.0 Å². The summed E-state index contributed by atoms with van der Waals surface area (Å²) < 4.78 is 14.0. The van der Waals surface area contributed by atoms with Crippen molar-refractivity contribution in [1.29, 1.82) is 0 Å². The molecule has 0 amide bonds. The molecule has 0 saturated carbocycles. The minimum atomic E-state index is -0.391. The molecule has 0 fully saturated rings. The summed E-state index contributed by atoms with van der Waals surface area (Å²) in [4.78, 5) is 9.61. The molecule has 5 heteroatoms. The van der Waals surface area contributed by atoms with Crippen molar-refractivity contribution in [1.82, 2.24) is 15.2 Å². The van der Waals surface area contributed by atoms with Crippen molar-refractivity contribution in [3.8, 4) is 0 Å². The van der Waals surface area contributed by atoms with Crippen LogP contribution in [0.2, 0.25) is 0 Å². The largest absolute Gasteiger partial charge is 0.274 e. The van der Waals surface area contributed by atoms with Crippen molar-refractivity contribution >= 4 is 16.7 Å². The second-order valence-electron chi connectivity index (χ2n) is 7.91. The van der Waals surface area contributed by atoms with Gasteiger partial charge < -0.3 is 0 Å². The molecule has 4 nitrogen and oxygen atoms in total. The molecule has 2 aromatic carbocycles. The molecule has 26 heavy (non-hydrogen) atoms. The lowest BCUT2D eigenvalue weighted by molar-refractivity contribution is 0.303. The zero-order valence-electron chi connectivity index (χ0n) is 15.6. The third-order valence-electron chi connectivity index (χ3n) is 5.73. The summed E-state index contributed by atoms with van der Waals surface area (Å²) in [5, 5.41) is 8.67. The number of halogens is 1. The lowest BCUT2D eigenvalue weighted by Gasteiger charge is -2.44. The standard InChI is InChI=1S/C21H21FN4/c1-12-7-6-8-16-17(12)25-26-19(23-16)18-14-11-13(22)9-10-15(14)20(2,3)21(4,5)24-18/h6-11H,1-5H3. The van der Waals surface area contributed by atoms with E-state index >= 15 is 0 Å². The molecule has 3 aromatic rings. The normalized spacial score (nSPS) is 17.7. The molecule has 1 aliphatic rings. The zero-order valence-corrected chi connectivity index (χ0v) is 15.6. The van der Waals surface area contributed by atoms with Crippen LogP contribution in [0.3, 0.4) is 0 Å². The average molecular weight is 348 g/mol. The topological polar surface area (TPSA) is 51.0 Å². The Labute approximate surface area is 152 Å². The molecule has 1 aliphatic heterocycles. The number of benzene rings is 2. The van der Waals surface area contributed by atoms with E-state index in [2.05, 4.69) is 42.9 Å². The van der Waals surface area contributed by atoms with E-state index in [0.717, 1.165) is 27.7 Å². The molecule has 0 bridgehead atoms. The maximum atomic E-state index is 14.0. The van der Waals surface area contributed by atoms with Crippen molar-refractivity contribution in [2.45, 2.75) is 45.6 Å². The van der Waals surface area contributed by atoms with Crippen LogP contribution in [-0.2, 0) is 5.41 Å². The van der Waals surface area contributed by atoms with Crippen LogP contribution in [0.5, 0.6) is 0 Å². The second kappa shape index (κ2) is 5.40. The van der Waals surface area contributed by atoms with E-state index in [4.69, 9.17) is 4.99 Å². The molecule has 0 atom stereocenters. The first-order valence-corrected chi connectivity index (χ1v) is 8.71. The summed E-state index contributed by atoms with van der Waals surface area (Å²) in [5.41, 5.74) is 4.29. The van der Waals surface area contributed by atoms with Crippen LogP contribution in [0.1, 0.15) is 50.2 Å². The first-order valence-electron chi connectivity index (χ1n) is 8.71. The molecule has 0 spiro atoms. The molecule has 132 valence electrons. The van der Waals surface area contributed by atoms with Crippen molar-refractivity contribution in [3.63, 3.8) is 0 Å². The third kappa shape index (κ3) is 2.34. The Morgan fingerprint density at radius 3 is 2.50 bits per heavy atom. The number of nitrogens with zero attached hydrogens (tertiary/aromatic N) is 4. The molecule has 1 aromatic heterocycles. The SMILES string of the molecule is Cc1cccc2nc(C3=NC(C)(C)C(C)(C)c4ccc(F)cc43)nnc12. The fourth-order valence-corrected chi connectivity index (χ4v) is 3.43. The van der Waals surface area contributed by atoms with Crippen molar-refractivity contribution < 1.29 is 4.39 Å². The van der Waals surface area contributed by atoms with Gasteiger partial charge in [0.15, 0.2) is 0 Å². The van der Waals surface area contributed by atoms with Gasteiger partial charge in [-0.25, -0.2) is 9.37 Å². The van der Waals surface area contributed by atoms with Gasteiger partial charge in [-0.1, -0.05) is 32.0 Å². The van der Waals surface area contributed by atoms with E-state index in [-0.39, 0.29) is 11.2 Å². The first kappa shape index (κ1) is 16.8. The van der Waals surface area contributed by atoms with Gasteiger partial charge in [-0.15, -0.1) is 10.2 Å². The van der Waals surface area contributed by atoms with Crippen molar-refractivity contribution in [2.24, 2.45) is 4.99 Å². The Hall–Kier alpha value is -2.69. The van der Waals surface area contributed by atoms with Crippen LogP contribution in [0.15, 0.2) is 41.4 Å². The van der Waals surface area contributed by atoms with E-state index in [0.29, 0.717) is 11.5 Å². The number of aryl methyl sites for hydroxylation is 1. The third-order valence-corrected chi connectivity index (χ3v) is 5.73. The Morgan fingerprint density at radius 2 is 1.73 bits per heavy atom. The van der Waals surface area contributed by atoms with Crippen LogP contribution in [0.4, 0.5) is 4.39 Å². The van der Waals surface area contributed by atoms with Gasteiger partial charge in [0.05, 0.1) is 11.1 Å². The average Bonchev–Trinajstić information content (AvgIpc) is 2.58. The lowest BCUT2D eigenvalue weighted by atomic mass is 9.66. The van der Waals surface area contributed by atoms with Gasteiger partial charge in [0.2, 0.25) is 5.82 Å². The second-order valence-corrected chi connectivity index (χ2v) is 7.91. The number of rotatable bonds is 1. The monoisotopic (exact) mass is 348 g/mol. The highest BCUT2D eigenvalue weighted by Gasteiger charge is 2.44. The number of aromatic nitrogens is 3. The number of fused-ring (bicyclic) bond motifs is 2. The Bertz CT molecular complexity index is 1070. The maximum Gasteiger partial charge on any atom is 0.201 e. The number of hydrogen-bond donors (Lipinski definition) is 0. The van der Waals surface area contributed by atoms with E-state index in [1.807, 2.05) is 31.2 Å². The summed E-state index contributed by atoms with van der Waals surface area (Å²) in [6.07, 6.45) is 0. The van der Waals surface area contributed by atoms with Crippen molar-refractivity contribution in [3.05, 3.63) is 64.7 Å². The lowest BCUT2D eigenvalue weighted by Crippen LogP contribution is -2.46. The van der Waals surface area contributed by atoms with E-state index < -0.39 is 5.54 Å². The zero-order chi connectivity index (χ0) is 18.7. The predicted molar refractivity (Wildman–Crippen MR) is 101 cm³/mol. The fourth-order valence-electron chi connectivity index (χ4n) is 3.43. The Balaban J connectivity index is 1.99. The maximum absolute atomic E-state index is 14.0. The quantitative estimate of drug-likeness (QED) is 0.656. The van der Waals surface area contributed by atoms with Gasteiger partial charge in [0.25, 0.3) is 0 Å². The molecule has 2 heterocycles. The number of aliphatic imine (C=N–C) groups is 1. The van der Waals surface area contributed by atoms with Gasteiger partial charge in [-0.3, -0.25) is 4.99 Å². The van der Waals surface area contributed by atoms with Gasteiger partial charge in [-0.2, -0.15) is 0 Å². The number of hydrogen-bond acceptors (Lipinski definition) is 4. The van der Waals surface area contributed by atoms with Gasteiger partial charge in [-0.05, 0) is 50.1 Å². The van der Waals surface area contributed by atoms with Crippen LogP contribution in [-0.4, -0.2) is 26.4 Å². The molecule has 0 radical (unpaired) electrons. The van der Waals surface area contributed by atoms with E-state index in [1.165, 1.54) is 12.1 Å². The smallest absolute Gasteiger partial charge is 0.201 e. The summed E-state index contributed by atoms with van der Waals surface area (Å²) in [6, 6.07) is 10.7. The highest BCUT2D eigenvalue weighted by Crippen LogP contribution is 2.43. The highest BCUT2D eigenvalue weighted by atomic mass is 19.1. The molecule has 0 N–H and O–H groups in total. The van der Waals surface area contributed by atoms with Crippen LogP contribution in [0.25, 0.3) is 11.0 Å². The minimum Gasteiger partial charge on any atom is -0.274 e. The van der Waals surface area contributed by atoms with Crippen LogP contribution >= 0.6 is 0 Å². The minimum absolute atomic E-state index is 0.250. The summed E-state index contributed by atoms with van der Waals surface area (Å²) in [7, 11) is 0. The molecule has 0 unspecified atom stereocenters. The Kier molecular flexibility index (Phi) is 3.48. The van der Waals surface area contributed by atoms with Crippen LogP contribution in [0, 0.1) is 12.7 Å². The summed E-state index contributed by atoms with van der Waals surface area (Å²) in [6.45, 7) is 10.4. The van der Waals surface area contributed by atoms with Gasteiger partial charge >= 0.3 is 0 Å². The molecule has 4 rings (SSSR count). The van der Waals surface area contributed by atoms with Gasteiger partial charge in [0, 0.05) is 11.0 Å². The summed E-state index contributed by atoms with van der Waals surface area (Å²) >= 11 is 0. The van der Waals surface area contributed by atoms with Crippen molar-refractivity contribution in [2.75, 3.05) is 0 Å². The molecule has 0 aliphatic carbocycles. The van der Waals surface area contributed by atoms with E-state index in [9.17, 15) is 4.39 Å². The predicted octanol–water partition coefficient (Wildman–Crippen LogP) is 4.38. The molecular formula is C21H21FN4. The highest BCUT2D eigenvalue weighted by molar-refractivity contribution is 6.13. The molecule has 0 saturated heterocycles. The fraction of sp³-hybridized carbons (Fsp3) is 0.333. The van der Waals surface area contributed by atoms with E-state index in [1.54, 1.807) is 0 Å². The first-order chi connectivity index (χ1) is 12.2. The summed E-state index contributed by atoms with van der Waals surface area (Å²) in [5.74, 6) is 0.134. The Morgan fingerprint density at radius 1 is 0.962 bits per heavy atom. The molecular weight excluding hydrogens is 327 g/mol. The van der Waals surface area contributed by atoms with Crippen LogP contribution < -0.4 is 0 Å².